The molecule has 4 rings (SSSR count). The molecule has 27 heavy (non-hydrogen) atoms. The Hall–Kier alpha value is -2.60. The van der Waals surface area contributed by atoms with Crippen LogP contribution in [0.15, 0.2) is 52.1 Å². The molecule has 4 nitrogen and oxygen atoms in total. The molecule has 0 aliphatic heterocycles. The molecule has 4 aromatic rings. The number of nitrogens with one attached hydrogen (secondary N) is 1. The van der Waals surface area contributed by atoms with Crippen LogP contribution in [0.2, 0.25) is 0 Å². The minimum atomic E-state index is -0.235. The summed E-state index contributed by atoms with van der Waals surface area (Å²) in [6.07, 6.45) is 1.88. The Morgan fingerprint density at radius 3 is 2.52 bits per heavy atom. The van der Waals surface area contributed by atoms with Crippen LogP contribution in [0.25, 0.3) is 22.5 Å². The fourth-order valence-corrected chi connectivity index (χ4v) is 3.88. The van der Waals surface area contributed by atoms with Crippen molar-refractivity contribution in [2.45, 2.75) is 37.7 Å². The van der Waals surface area contributed by atoms with Gasteiger partial charge in [-0.15, -0.1) is 10.2 Å². The van der Waals surface area contributed by atoms with Gasteiger partial charge in [0.1, 0.15) is 11.5 Å². The van der Waals surface area contributed by atoms with E-state index in [1.165, 1.54) is 40.4 Å². The maximum atomic E-state index is 13.0. The lowest BCUT2D eigenvalue weighted by atomic mass is 10.0. The number of aromatic nitrogens is 3. The average Bonchev–Trinajstić information content (AvgIpc) is 3.31. The predicted octanol–water partition coefficient (Wildman–Crippen LogP) is 5.77. The van der Waals surface area contributed by atoms with Crippen LogP contribution in [-0.2, 0) is 18.6 Å². The first-order valence-corrected chi connectivity index (χ1v) is 10.0. The quantitative estimate of drug-likeness (QED) is 0.431. The van der Waals surface area contributed by atoms with E-state index in [9.17, 15) is 4.39 Å². The second kappa shape index (κ2) is 7.56. The Bertz CT molecular complexity index is 1070. The molecule has 0 atom stereocenters. The third-order valence-corrected chi connectivity index (χ3v) is 5.52. The van der Waals surface area contributed by atoms with Crippen molar-refractivity contribution in [3.8, 4) is 11.6 Å². The van der Waals surface area contributed by atoms with E-state index >= 15 is 0 Å². The molecule has 1 N–H and O–H groups in total. The standard InChI is InChI=1S/C21H20FN3OS/c1-3-13-7-10-18-17(11-13)16(4-2)19(23-18)20-24-25-21(26-20)27-12-14-5-8-15(22)9-6-14/h5-11,23H,3-4,12H2,1-2H3. The zero-order valence-electron chi connectivity index (χ0n) is 15.3. The number of aryl methyl sites for hydroxylation is 2. The van der Waals surface area contributed by atoms with Gasteiger partial charge >= 0.3 is 0 Å². The topological polar surface area (TPSA) is 54.7 Å². The van der Waals surface area contributed by atoms with Crippen LogP contribution in [0.5, 0.6) is 0 Å². The second-order valence-electron chi connectivity index (χ2n) is 6.35. The smallest absolute Gasteiger partial charge is 0.277 e. The van der Waals surface area contributed by atoms with Gasteiger partial charge in [-0.2, -0.15) is 0 Å². The number of hydrogen-bond acceptors (Lipinski definition) is 4. The van der Waals surface area contributed by atoms with Crippen LogP contribution in [0.3, 0.4) is 0 Å². The van der Waals surface area contributed by atoms with E-state index in [0.29, 0.717) is 16.9 Å². The van der Waals surface area contributed by atoms with Gasteiger partial charge in [-0.3, -0.25) is 0 Å². The van der Waals surface area contributed by atoms with Crippen molar-refractivity contribution in [3.63, 3.8) is 0 Å². The number of nitrogens with zero attached hydrogens (tertiary/aromatic N) is 2. The fraction of sp³-hybridized carbons (Fsp3) is 0.238. The van der Waals surface area contributed by atoms with Crippen LogP contribution < -0.4 is 0 Å². The van der Waals surface area contributed by atoms with Crippen LogP contribution in [-0.4, -0.2) is 15.2 Å². The molecule has 0 saturated carbocycles. The van der Waals surface area contributed by atoms with Gasteiger partial charge in [-0.05, 0) is 53.8 Å². The van der Waals surface area contributed by atoms with Crippen molar-refractivity contribution in [2.24, 2.45) is 0 Å². The van der Waals surface area contributed by atoms with Crippen LogP contribution >= 0.6 is 11.8 Å². The zero-order chi connectivity index (χ0) is 18.8. The van der Waals surface area contributed by atoms with E-state index in [-0.39, 0.29) is 5.82 Å². The summed E-state index contributed by atoms with van der Waals surface area (Å²) >= 11 is 1.44. The van der Waals surface area contributed by atoms with Crippen molar-refractivity contribution in [2.75, 3.05) is 0 Å². The van der Waals surface area contributed by atoms with E-state index in [2.05, 4.69) is 47.2 Å². The monoisotopic (exact) mass is 381 g/mol. The Kier molecular flexibility index (Phi) is 4.99. The molecule has 138 valence electrons. The second-order valence-corrected chi connectivity index (χ2v) is 7.28. The normalized spacial score (nSPS) is 11.4. The number of aromatic amines is 1. The highest BCUT2D eigenvalue weighted by Gasteiger charge is 2.17. The number of thioether (sulfide) groups is 1. The third-order valence-electron chi connectivity index (χ3n) is 4.63. The van der Waals surface area contributed by atoms with Gasteiger partial charge in [-0.25, -0.2) is 4.39 Å². The van der Waals surface area contributed by atoms with E-state index in [4.69, 9.17) is 4.42 Å². The van der Waals surface area contributed by atoms with Crippen molar-refractivity contribution < 1.29 is 8.81 Å². The number of halogens is 1. The first-order chi connectivity index (χ1) is 13.2. The SMILES string of the molecule is CCc1ccc2[nH]c(-c3nnc(SCc4ccc(F)cc4)o3)c(CC)c2c1. The van der Waals surface area contributed by atoms with E-state index in [0.717, 1.165) is 29.6 Å². The highest BCUT2D eigenvalue weighted by Crippen LogP contribution is 2.32. The van der Waals surface area contributed by atoms with Crippen LogP contribution in [0, 0.1) is 5.82 Å². The minimum Gasteiger partial charge on any atom is -0.410 e. The highest BCUT2D eigenvalue weighted by atomic mass is 32.2. The van der Waals surface area contributed by atoms with Gasteiger partial charge in [0.2, 0.25) is 0 Å². The molecule has 6 heteroatoms. The number of rotatable bonds is 6. The summed E-state index contributed by atoms with van der Waals surface area (Å²) in [5.74, 6) is 0.915. The van der Waals surface area contributed by atoms with Crippen molar-refractivity contribution >= 4 is 22.7 Å². The molecule has 0 bridgehead atoms. The summed E-state index contributed by atoms with van der Waals surface area (Å²) in [4.78, 5) is 3.43. The lowest BCUT2D eigenvalue weighted by Gasteiger charge is -1.99. The third kappa shape index (κ3) is 3.62. The first kappa shape index (κ1) is 17.8. The maximum Gasteiger partial charge on any atom is 0.277 e. The first-order valence-electron chi connectivity index (χ1n) is 9.02. The number of hydrogen-bond donors (Lipinski definition) is 1. The van der Waals surface area contributed by atoms with Crippen LogP contribution in [0.1, 0.15) is 30.5 Å². The maximum absolute atomic E-state index is 13.0. The Balaban J connectivity index is 1.59. The summed E-state index contributed by atoms with van der Waals surface area (Å²) < 4.78 is 18.9. The summed E-state index contributed by atoms with van der Waals surface area (Å²) in [6, 6.07) is 12.9. The molecule has 0 fully saturated rings. The van der Waals surface area contributed by atoms with Crippen molar-refractivity contribution in [1.82, 2.24) is 15.2 Å². The largest absolute Gasteiger partial charge is 0.410 e. The molecule has 0 saturated heterocycles. The molecular weight excluding hydrogens is 361 g/mol. The van der Waals surface area contributed by atoms with E-state index < -0.39 is 0 Å². The Morgan fingerprint density at radius 1 is 1.00 bits per heavy atom. The number of fused-ring (bicyclic) bond motifs is 1. The minimum absolute atomic E-state index is 0.235. The van der Waals surface area contributed by atoms with Gasteiger partial charge in [0.05, 0.1) is 0 Å². The molecule has 0 amide bonds. The lowest BCUT2D eigenvalue weighted by molar-refractivity contribution is 0.464. The number of H-pyrrole nitrogens is 1. The van der Waals surface area contributed by atoms with Crippen molar-refractivity contribution in [1.29, 1.82) is 0 Å². The molecule has 0 unspecified atom stereocenters. The average molecular weight is 381 g/mol. The van der Waals surface area contributed by atoms with Gasteiger partial charge < -0.3 is 9.40 Å². The molecule has 0 radical (unpaired) electrons. The number of benzene rings is 2. The zero-order valence-corrected chi connectivity index (χ0v) is 16.1. The fourth-order valence-electron chi connectivity index (χ4n) is 3.16. The summed E-state index contributed by atoms with van der Waals surface area (Å²) in [5, 5.41) is 10.1. The van der Waals surface area contributed by atoms with Gasteiger partial charge in [0.25, 0.3) is 11.1 Å². The highest BCUT2D eigenvalue weighted by molar-refractivity contribution is 7.98. The van der Waals surface area contributed by atoms with Gasteiger partial charge in [0.15, 0.2) is 0 Å². The van der Waals surface area contributed by atoms with Gasteiger partial charge in [-0.1, -0.05) is 43.8 Å². The van der Waals surface area contributed by atoms with E-state index in [1.54, 1.807) is 12.1 Å². The molecule has 0 aliphatic carbocycles. The molecule has 0 spiro atoms. The molecular formula is C21H20FN3OS. The van der Waals surface area contributed by atoms with Crippen LogP contribution in [0.4, 0.5) is 4.39 Å². The molecule has 0 aliphatic rings. The Labute approximate surface area is 161 Å². The molecule has 2 aromatic heterocycles. The molecule has 2 heterocycles. The lowest BCUT2D eigenvalue weighted by Crippen LogP contribution is -1.85. The summed E-state index contributed by atoms with van der Waals surface area (Å²) in [6.45, 7) is 4.29. The summed E-state index contributed by atoms with van der Waals surface area (Å²) in [7, 11) is 0. The van der Waals surface area contributed by atoms with Crippen molar-refractivity contribution in [3.05, 3.63) is 65.0 Å². The Morgan fingerprint density at radius 2 is 1.78 bits per heavy atom. The predicted molar refractivity (Wildman–Crippen MR) is 106 cm³/mol. The molecule has 2 aromatic carbocycles. The van der Waals surface area contributed by atoms with Gasteiger partial charge in [0, 0.05) is 16.7 Å². The van der Waals surface area contributed by atoms with E-state index in [1.807, 2.05) is 0 Å². The summed E-state index contributed by atoms with van der Waals surface area (Å²) in [5.41, 5.74) is 5.48.